The van der Waals surface area contributed by atoms with E-state index in [9.17, 15) is 0 Å². The zero-order chi connectivity index (χ0) is 14.6. The first-order chi connectivity index (χ1) is 9.57. The fraction of sp³-hybridized carbons (Fsp3) is 0.688. The molecule has 4 heteroatoms. The van der Waals surface area contributed by atoms with Gasteiger partial charge in [-0.25, -0.2) is 0 Å². The normalized spacial score (nSPS) is 26.5. The number of rotatable bonds is 5. The summed E-state index contributed by atoms with van der Waals surface area (Å²) >= 11 is 0. The largest absolute Gasteiger partial charge is 0.497 e. The van der Waals surface area contributed by atoms with Crippen LogP contribution in [0.5, 0.6) is 5.75 Å². The molecule has 1 aliphatic rings. The number of aromatic nitrogens is 1. The molecule has 0 unspecified atom stereocenters. The van der Waals surface area contributed by atoms with E-state index in [-0.39, 0.29) is 5.60 Å². The van der Waals surface area contributed by atoms with Crippen LogP contribution in [0.2, 0.25) is 0 Å². The Hall–Kier alpha value is -1.13. The Morgan fingerprint density at radius 1 is 1.35 bits per heavy atom. The van der Waals surface area contributed by atoms with E-state index in [1.807, 2.05) is 19.1 Å². The highest BCUT2D eigenvalue weighted by atomic mass is 16.5. The molecule has 1 aromatic heterocycles. The maximum Gasteiger partial charge on any atom is 0.122 e. The molecule has 2 N–H and O–H groups in total. The molecule has 1 aromatic rings. The second-order valence-corrected chi connectivity index (χ2v) is 6.00. The van der Waals surface area contributed by atoms with Crippen molar-refractivity contribution in [1.29, 1.82) is 0 Å². The molecular weight excluding hydrogens is 252 g/mol. The molecule has 0 atom stereocenters. The van der Waals surface area contributed by atoms with E-state index in [0.717, 1.165) is 35.9 Å². The second-order valence-electron chi connectivity index (χ2n) is 6.00. The van der Waals surface area contributed by atoms with Crippen molar-refractivity contribution < 1.29 is 9.47 Å². The SMILES string of the molecule is COc1cc(C)nc(COC2(CN)CCC(C)CC2)c1. The van der Waals surface area contributed by atoms with Crippen LogP contribution in [-0.4, -0.2) is 24.2 Å². The minimum Gasteiger partial charge on any atom is -0.497 e. The first kappa shape index (κ1) is 15.3. The Balaban J connectivity index is 2.01. The summed E-state index contributed by atoms with van der Waals surface area (Å²) in [6.07, 6.45) is 4.49. The zero-order valence-corrected chi connectivity index (χ0v) is 12.8. The van der Waals surface area contributed by atoms with Crippen molar-refractivity contribution in [3.05, 3.63) is 23.5 Å². The molecule has 1 saturated carbocycles. The van der Waals surface area contributed by atoms with E-state index in [1.165, 1.54) is 12.8 Å². The van der Waals surface area contributed by atoms with Crippen LogP contribution in [0.1, 0.15) is 44.0 Å². The number of nitrogens with two attached hydrogens (primary N) is 1. The quantitative estimate of drug-likeness (QED) is 0.899. The standard InChI is InChI=1S/C16H26N2O2/c1-12-4-6-16(11-17,7-5-12)20-10-14-9-15(19-3)8-13(2)18-14/h8-9,12H,4-7,10-11,17H2,1-3H3. The van der Waals surface area contributed by atoms with E-state index in [2.05, 4.69) is 11.9 Å². The topological polar surface area (TPSA) is 57.4 Å². The molecule has 0 bridgehead atoms. The molecule has 1 aliphatic carbocycles. The molecular formula is C16H26N2O2. The number of pyridine rings is 1. The zero-order valence-electron chi connectivity index (χ0n) is 12.8. The lowest BCUT2D eigenvalue weighted by atomic mass is 9.79. The lowest BCUT2D eigenvalue weighted by Crippen LogP contribution is -2.43. The smallest absolute Gasteiger partial charge is 0.122 e. The van der Waals surface area contributed by atoms with Crippen molar-refractivity contribution in [2.45, 2.75) is 51.7 Å². The average molecular weight is 278 g/mol. The number of nitrogens with zero attached hydrogens (tertiary/aromatic N) is 1. The van der Waals surface area contributed by atoms with Gasteiger partial charge in [0.2, 0.25) is 0 Å². The Bertz CT molecular complexity index is 440. The maximum atomic E-state index is 6.17. The minimum atomic E-state index is -0.162. The number of hydrogen-bond acceptors (Lipinski definition) is 4. The maximum absolute atomic E-state index is 6.17. The second kappa shape index (κ2) is 6.55. The Kier molecular flexibility index (Phi) is 5.00. The summed E-state index contributed by atoms with van der Waals surface area (Å²) in [5.41, 5.74) is 7.66. The van der Waals surface area contributed by atoms with Gasteiger partial charge in [0, 0.05) is 24.4 Å². The first-order valence-corrected chi connectivity index (χ1v) is 7.42. The molecule has 4 nitrogen and oxygen atoms in total. The van der Waals surface area contributed by atoms with Gasteiger partial charge in [0.25, 0.3) is 0 Å². The summed E-state index contributed by atoms with van der Waals surface area (Å²) in [6, 6.07) is 3.85. The van der Waals surface area contributed by atoms with E-state index in [0.29, 0.717) is 13.2 Å². The number of aryl methyl sites for hydroxylation is 1. The Labute approximate surface area is 121 Å². The fourth-order valence-corrected chi connectivity index (χ4v) is 2.82. The van der Waals surface area contributed by atoms with Crippen molar-refractivity contribution in [3.63, 3.8) is 0 Å². The van der Waals surface area contributed by atoms with Crippen LogP contribution in [0.4, 0.5) is 0 Å². The van der Waals surface area contributed by atoms with Gasteiger partial charge in [0.1, 0.15) is 5.75 Å². The Morgan fingerprint density at radius 2 is 2.05 bits per heavy atom. The van der Waals surface area contributed by atoms with E-state index in [4.69, 9.17) is 15.2 Å². The summed E-state index contributed by atoms with van der Waals surface area (Å²) in [5.74, 6) is 1.62. The predicted molar refractivity (Wildman–Crippen MR) is 79.7 cm³/mol. The molecule has 0 aromatic carbocycles. The molecule has 20 heavy (non-hydrogen) atoms. The van der Waals surface area contributed by atoms with Gasteiger partial charge in [-0.15, -0.1) is 0 Å². The van der Waals surface area contributed by atoms with Crippen molar-refractivity contribution in [2.24, 2.45) is 11.7 Å². The van der Waals surface area contributed by atoms with Crippen LogP contribution in [0.3, 0.4) is 0 Å². The van der Waals surface area contributed by atoms with Crippen molar-refractivity contribution in [3.8, 4) is 5.75 Å². The van der Waals surface area contributed by atoms with Crippen LogP contribution in [0.25, 0.3) is 0 Å². The molecule has 112 valence electrons. The van der Waals surface area contributed by atoms with Gasteiger partial charge in [-0.05, 0) is 38.5 Å². The minimum absolute atomic E-state index is 0.162. The predicted octanol–water partition coefficient (Wildman–Crippen LogP) is 2.82. The van der Waals surface area contributed by atoms with Crippen molar-refractivity contribution in [1.82, 2.24) is 4.98 Å². The summed E-state index contributed by atoms with van der Waals surface area (Å²) in [5, 5.41) is 0. The van der Waals surface area contributed by atoms with E-state index in [1.54, 1.807) is 7.11 Å². The van der Waals surface area contributed by atoms with Gasteiger partial charge >= 0.3 is 0 Å². The molecule has 2 rings (SSSR count). The van der Waals surface area contributed by atoms with Gasteiger partial charge in [-0.3, -0.25) is 4.98 Å². The van der Waals surface area contributed by atoms with Gasteiger partial charge in [0.05, 0.1) is 25.0 Å². The molecule has 0 radical (unpaired) electrons. The highest BCUT2D eigenvalue weighted by Crippen LogP contribution is 2.34. The van der Waals surface area contributed by atoms with Gasteiger partial charge in [0.15, 0.2) is 0 Å². The number of ether oxygens (including phenoxy) is 2. The fourth-order valence-electron chi connectivity index (χ4n) is 2.82. The summed E-state index contributed by atoms with van der Waals surface area (Å²) in [6.45, 7) is 5.35. The lowest BCUT2D eigenvalue weighted by Gasteiger charge is -2.38. The highest BCUT2D eigenvalue weighted by Gasteiger charge is 2.33. The van der Waals surface area contributed by atoms with Crippen LogP contribution < -0.4 is 10.5 Å². The molecule has 0 amide bonds. The van der Waals surface area contributed by atoms with Crippen LogP contribution in [-0.2, 0) is 11.3 Å². The van der Waals surface area contributed by atoms with E-state index >= 15 is 0 Å². The van der Waals surface area contributed by atoms with E-state index < -0.39 is 0 Å². The van der Waals surface area contributed by atoms with Gasteiger partial charge < -0.3 is 15.2 Å². The number of methoxy groups -OCH3 is 1. The van der Waals surface area contributed by atoms with Gasteiger partial charge in [-0.2, -0.15) is 0 Å². The molecule has 0 aliphatic heterocycles. The summed E-state index contributed by atoms with van der Waals surface area (Å²) in [7, 11) is 1.67. The van der Waals surface area contributed by atoms with Crippen LogP contribution >= 0.6 is 0 Å². The molecule has 0 spiro atoms. The van der Waals surface area contributed by atoms with Crippen LogP contribution in [0, 0.1) is 12.8 Å². The number of hydrogen-bond donors (Lipinski definition) is 1. The molecule has 1 heterocycles. The first-order valence-electron chi connectivity index (χ1n) is 7.42. The third-order valence-corrected chi connectivity index (χ3v) is 4.30. The third-order valence-electron chi connectivity index (χ3n) is 4.30. The highest BCUT2D eigenvalue weighted by molar-refractivity contribution is 5.26. The Morgan fingerprint density at radius 3 is 2.65 bits per heavy atom. The van der Waals surface area contributed by atoms with Gasteiger partial charge in [-0.1, -0.05) is 6.92 Å². The molecule has 1 fully saturated rings. The monoisotopic (exact) mass is 278 g/mol. The lowest BCUT2D eigenvalue weighted by molar-refractivity contribution is -0.0810. The average Bonchev–Trinajstić information content (AvgIpc) is 2.46. The van der Waals surface area contributed by atoms with Crippen molar-refractivity contribution in [2.75, 3.05) is 13.7 Å². The summed E-state index contributed by atoms with van der Waals surface area (Å²) in [4.78, 5) is 4.50. The third kappa shape index (κ3) is 3.70. The summed E-state index contributed by atoms with van der Waals surface area (Å²) < 4.78 is 11.4. The molecule has 0 saturated heterocycles. The van der Waals surface area contributed by atoms with Crippen LogP contribution in [0.15, 0.2) is 12.1 Å². The van der Waals surface area contributed by atoms with Crippen molar-refractivity contribution >= 4 is 0 Å².